The molecule has 0 N–H and O–H groups in total. The van der Waals surface area contributed by atoms with Gasteiger partial charge in [-0.05, 0) is 12.1 Å². The molecule has 0 aliphatic carbocycles. The highest BCUT2D eigenvalue weighted by Gasteiger charge is 2.07. The van der Waals surface area contributed by atoms with Crippen LogP contribution in [0.3, 0.4) is 0 Å². The van der Waals surface area contributed by atoms with Crippen molar-refractivity contribution in [3.05, 3.63) is 42.5 Å². The number of methoxy groups -OCH3 is 1. The van der Waals surface area contributed by atoms with Gasteiger partial charge in [0.2, 0.25) is 0 Å². The lowest BCUT2D eigenvalue weighted by Crippen LogP contribution is -1.80. The van der Waals surface area contributed by atoms with Gasteiger partial charge in [0.25, 0.3) is 0 Å². The molecule has 1 heterocycles. The summed E-state index contributed by atoms with van der Waals surface area (Å²) in [6.07, 6.45) is 0. The summed E-state index contributed by atoms with van der Waals surface area (Å²) < 4.78 is 7.92. The van der Waals surface area contributed by atoms with Crippen LogP contribution in [-0.2, 0) is 0 Å². The quantitative estimate of drug-likeness (QED) is 0.593. The van der Waals surface area contributed by atoms with Crippen molar-refractivity contribution in [2.24, 2.45) is 0 Å². The molecule has 0 radical (unpaired) electrons. The molecule has 0 aliphatic heterocycles. The maximum Gasteiger partial charge on any atom is 0.136 e. The van der Waals surface area contributed by atoms with Gasteiger partial charge in [-0.2, -0.15) is 0 Å². The molecule has 0 bridgehead atoms. The number of benzene rings is 2. The second-order valence-electron chi connectivity index (χ2n) is 3.44. The van der Waals surface area contributed by atoms with Crippen LogP contribution in [0.5, 0.6) is 5.75 Å². The van der Waals surface area contributed by atoms with E-state index in [2.05, 4.69) is 30.3 Å². The highest BCUT2D eigenvalue weighted by atomic mass is 32.1. The Hall–Kier alpha value is -1.54. The molecule has 1 aromatic heterocycles. The topological polar surface area (TPSA) is 9.23 Å². The molecule has 15 heavy (non-hydrogen) atoms. The first-order valence-corrected chi connectivity index (χ1v) is 5.66. The Kier molecular flexibility index (Phi) is 1.89. The molecular weight excluding hydrogens is 204 g/mol. The molecule has 0 amide bonds. The first-order chi connectivity index (χ1) is 7.40. The fraction of sp³-hybridized carbons (Fsp3) is 0.0769. The molecule has 2 heteroatoms. The van der Waals surface area contributed by atoms with Crippen LogP contribution in [0.2, 0.25) is 0 Å². The smallest absolute Gasteiger partial charge is 0.136 e. The fourth-order valence-electron chi connectivity index (χ4n) is 1.88. The summed E-state index contributed by atoms with van der Waals surface area (Å²) in [6.45, 7) is 0. The minimum absolute atomic E-state index is 0.966. The second-order valence-corrected chi connectivity index (χ2v) is 4.49. The van der Waals surface area contributed by atoms with Crippen LogP contribution in [0.4, 0.5) is 0 Å². The van der Waals surface area contributed by atoms with E-state index in [0.717, 1.165) is 5.75 Å². The van der Waals surface area contributed by atoms with Crippen molar-refractivity contribution in [1.29, 1.82) is 0 Å². The summed E-state index contributed by atoms with van der Waals surface area (Å²) in [5, 5.41) is 2.60. The zero-order valence-electron chi connectivity index (χ0n) is 8.36. The summed E-state index contributed by atoms with van der Waals surface area (Å²) in [5.74, 6) is 0.966. The normalized spacial score (nSPS) is 11.0. The van der Waals surface area contributed by atoms with Gasteiger partial charge in [0.1, 0.15) is 5.75 Å². The molecule has 0 saturated carbocycles. The Labute approximate surface area is 91.9 Å². The monoisotopic (exact) mass is 214 g/mol. The largest absolute Gasteiger partial charge is 0.495 e. The minimum atomic E-state index is 0.966. The molecule has 0 unspecified atom stereocenters. The third-order valence-electron chi connectivity index (χ3n) is 2.59. The van der Waals surface area contributed by atoms with E-state index in [1.165, 1.54) is 20.2 Å². The van der Waals surface area contributed by atoms with Crippen molar-refractivity contribution in [2.75, 3.05) is 7.11 Å². The average Bonchev–Trinajstić information content (AvgIpc) is 2.67. The Morgan fingerprint density at radius 3 is 2.60 bits per heavy atom. The lowest BCUT2D eigenvalue weighted by atomic mass is 10.1. The van der Waals surface area contributed by atoms with Crippen LogP contribution in [0, 0.1) is 0 Å². The molecule has 0 saturated heterocycles. The molecule has 0 aliphatic rings. The predicted molar refractivity (Wildman–Crippen MR) is 65.9 cm³/mol. The van der Waals surface area contributed by atoms with Gasteiger partial charge >= 0.3 is 0 Å². The van der Waals surface area contributed by atoms with E-state index in [1.54, 1.807) is 18.4 Å². The fourth-order valence-corrected chi connectivity index (χ4v) is 3.08. The third-order valence-corrected chi connectivity index (χ3v) is 3.79. The van der Waals surface area contributed by atoms with Crippen LogP contribution in [0.25, 0.3) is 20.2 Å². The van der Waals surface area contributed by atoms with Crippen molar-refractivity contribution in [3.63, 3.8) is 0 Å². The van der Waals surface area contributed by atoms with Gasteiger partial charge in [-0.15, -0.1) is 11.3 Å². The van der Waals surface area contributed by atoms with Crippen LogP contribution >= 0.6 is 11.3 Å². The van der Waals surface area contributed by atoms with Crippen molar-refractivity contribution < 1.29 is 4.74 Å². The van der Waals surface area contributed by atoms with Crippen LogP contribution in [-0.4, -0.2) is 7.11 Å². The molecule has 3 aromatic rings. The number of rotatable bonds is 1. The van der Waals surface area contributed by atoms with Crippen molar-refractivity contribution in [3.8, 4) is 5.75 Å². The van der Waals surface area contributed by atoms with Gasteiger partial charge in [-0.3, -0.25) is 0 Å². The van der Waals surface area contributed by atoms with E-state index >= 15 is 0 Å². The summed E-state index contributed by atoms with van der Waals surface area (Å²) in [4.78, 5) is 0. The summed E-state index contributed by atoms with van der Waals surface area (Å²) in [5.41, 5.74) is 0. The minimum Gasteiger partial charge on any atom is -0.495 e. The number of hydrogen-bond donors (Lipinski definition) is 0. The molecule has 1 nitrogen and oxygen atoms in total. The van der Waals surface area contributed by atoms with E-state index in [0.29, 0.717) is 0 Å². The lowest BCUT2D eigenvalue weighted by molar-refractivity contribution is 0.420. The van der Waals surface area contributed by atoms with E-state index in [4.69, 9.17) is 4.74 Å². The first kappa shape index (κ1) is 8.74. The standard InChI is InChI=1S/C13H10OS/c1-14-11-7-4-6-10-9-5-2-3-8-12(9)15-13(10)11/h2-8H,1H3. The van der Waals surface area contributed by atoms with E-state index in [-0.39, 0.29) is 0 Å². The maximum atomic E-state index is 5.37. The SMILES string of the molecule is COc1cccc2c1sc1ccccc12. The van der Waals surface area contributed by atoms with Gasteiger partial charge < -0.3 is 4.74 Å². The van der Waals surface area contributed by atoms with E-state index < -0.39 is 0 Å². The van der Waals surface area contributed by atoms with Crippen molar-refractivity contribution >= 4 is 31.5 Å². The van der Waals surface area contributed by atoms with Crippen LogP contribution in [0.1, 0.15) is 0 Å². The number of thiophene rings is 1. The molecule has 0 fully saturated rings. The molecular formula is C13H10OS. The number of ether oxygens (including phenoxy) is 1. The van der Waals surface area contributed by atoms with Gasteiger partial charge in [0, 0.05) is 15.5 Å². The third kappa shape index (κ3) is 1.22. The first-order valence-electron chi connectivity index (χ1n) is 4.84. The van der Waals surface area contributed by atoms with Gasteiger partial charge in [0.05, 0.1) is 11.8 Å². The zero-order chi connectivity index (χ0) is 10.3. The Balaban J connectivity index is 2.53. The molecule has 2 aromatic carbocycles. The Morgan fingerprint density at radius 2 is 1.73 bits per heavy atom. The molecule has 74 valence electrons. The Bertz CT molecular complexity index is 625. The van der Waals surface area contributed by atoms with Gasteiger partial charge in [0.15, 0.2) is 0 Å². The van der Waals surface area contributed by atoms with Crippen molar-refractivity contribution in [2.45, 2.75) is 0 Å². The molecule has 0 spiro atoms. The lowest BCUT2D eigenvalue weighted by Gasteiger charge is -1.99. The highest BCUT2D eigenvalue weighted by Crippen LogP contribution is 2.38. The summed E-state index contributed by atoms with van der Waals surface area (Å²) in [7, 11) is 1.72. The zero-order valence-corrected chi connectivity index (χ0v) is 9.17. The van der Waals surface area contributed by atoms with Crippen molar-refractivity contribution in [1.82, 2.24) is 0 Å². The number of fused-ring (bicyclic) bond motifs is 3. The van der Waals surface area contributed by atoms with E-state index in [1.807, 2.05) is 12.1 Å². The van der Waals surface area contributed by atoms with Crippen LogP contribution < -0.4 is 4.74 Å². The Morgan fingerprint density at radius 1 is 0.933 bits per heavy atom. The van der Waals surface area contributed by atoms with Crippen LogP contribution in [0.15, 0.2) is 42.5 Å². The number of hydrogen-bond acceptors (Lipinski definition) is 2. The van der Waals surface area contributed by atoms with Gasteiger partial charge in [-0.25, -0.2) is 0 Å². The second kappa shape index (κ2) is 3.24. The van der Waals surface area contributed by atoms with Gasteiger partial charge in [-0.1, -0.05) is 30.3 Å². The highest BCUT2D eigenvalue weighted by molar-refractivity contribution is 7.26. The molecule has 0 atom stereocenters. The average molecular weight is 214 g/mol. The maximum absolute atomic E-state index is 5.37. The predicted octanol–water partition coefficient (Wildman–Crippen LogP) is 4.06. The van der Waals surface area contributed by atoms with E-state index in [9.17, 15) is 0 Å². The summed E-state index contributed by atoms with van der Waals surface area (Å²) in [6, 6.07) is 14.7. The molecule has 3 rings (SSSR count). The summed E-state index contributed by atoms with van der Waals surface area (Å²) >= 11 is 1.79.